The third-order valence-corrected chi connectivity index (χ3v) is 8.99. The summed E-state index contributed by atoms with van der Waals surface area (Å²) in [5.41, 5.74) is 2.52. The first-order chi connectivity index (χ1) is 19.9. The summed E-state index contributed by atoms with van der Waals surface area (Å²) in [7, 11) is 0. The molecule has 2 aliphatic heterocycles. The van der Waals surface area contributed by atoms with Gasteiger partial charge in [-0.15, -0.1) is 0 Å². The molecule has 3 aliphatic rings. The van der Waals surface area contributed by atoms with E-state index in [1.165, 1.54) is 6.07 Å². The maximum absolute atomic E-state index is 14.1. The molecule has 1 N–H and O–H groups in total. The highest BCUT2D eigenvalue weighted by atomic mass is 35.5. The highest BCUT2D eigenvalue weighted by molar-refractivity contribution is 6.30. The Labute approximate surface area is 240 Å². The van der Waals surface area contributed by atoms with Crippen LogP contribution in [-0.4, -0.2) is 56.4 Å². The van der Waals surface area contributed by atoms with Gasteiger partial charge in [0.2, 0.25) is 11.8 Å². The highest BCUT2D eigenvalue weighted by Crippen LogP contribution is 2.65. The number of aromatic carboxylic acids is 1. The van der Waals surface area contributed by atoms with Crippen LogP contribution in [-0.2, 0) is 17.9 Å². The minimum Gasteiger partial charge on any atom is -0.478 e. The molecule has 3 fully saturated rings. The van der Waals surface area contributed by atoms with E-state index in [1.807, 2.05) is 6.07 Å². The largest absolute Gasteiger partial charge is 0.478 e. The van der Waals surface area contributed by atoms with Gasteiger partial charge in [-0.05, 0) is 61.4 Å². The fraction of sp³-hybridized carbons (Fsp3) is 0.400. The van der Waals surface area contributed by atoms with Crippen LogP contribution in [0.25, 0.3) is 11.0 Å². The minimum absolute atomic E-state index is 0.0467. The predicted molar refractivity (Wildman–Crippen MR) is 150 cm³/mol. The Morgan fingerprint density at radius 3 is 2.73 bits per heavy atom. The number of hydrogen-bond acceptors (Lipinski definition) is 7. The van der Waals surface area contributed by atoms with Gasteiger partial charge in [0.25, 0.3) is 0 Å². The number of rotatable bonds is 8. The topological polar surface area (TPSA) is 103 Å². The minimum atomic E-state index is -0.940. The van der Waals surface area contributed by atoms with Gasteiger partial charge in [0.1, 0.15) is 18.2 Å². The lowest BCUT2D eigenvalue weighted by Gasteiger charge is -2.33. The van der Waals surface area contributed by atoms with Crippen molar-refractivity contribution in [3.8, 4) is 5.88 Å². The molecule has 4 aromatic rings. The number of carbonyl (C=O) groups is 1. The van der Waals surface area contributed by atoms with Gasteiger partial charge in [-0.25, -0.2) is 19.2 Å². The first kappa shape index (κ1) is 26.2. The van der Waals surface area contributed by atoms with Gasteiger partial charge in [-0.3, -0.25) is 0 Å². The standard InChI is InChI=1S/C30H29ClFN5O4/c31-20-3-1-19(23(32)14-20)17-41-26-5-9-33-29(35-26)36-10-7-30(8-11-36)15-22(30)27-34-24-4-2-18(28(38)39)13-25(24)37(27)16-21-6-12-40-21/h1-5,9,13-14,21-22H,6-8,10-12,15-17H2,(H,38,39)/t21-,22+/m0/s1. The molecule has 0 radical (unpaired) electrons. The maximum atomic E-state index is 14.1. The molecule has 11 heteroatoms. The quantitative estimate of drug-likeness (QED) is 0.294. The SMILES string of the molecule is O=C(O)c1ccc2nc([C@H]3CC34CCN(c3nccc(OCc5ccc(Cl)cc5F)n3)CC4)n(C[C@@H]3CCO3)c2c1. The fourth-order valence-corrected chi connectivity index (χ4v) is 6.30. The van der Waals surface area contributed by atoms with Crippen molar-refractivity contribution in [1.82, 2.24) is 19.5 Å². The summed E-state index contributed by atoms with van der Waals surface area (Å²) in [4.78, 5) is 27.9. The molecule has 2 atom stereocenters. The van der Waals surface area contributed by atoms with E-state index in [0.29, 0.717) is 34.9 Å². The molecule has 1 saturated carbocycles. The van der Waals surface area contributed by atoms with Crippen LogP contribution in [0.5, 0.6) is 5.88 Å². The summed E-state index contributed by atoms with van der Waals surface area (Å²) in [6.07, 6.45) is 5.81. The summed E-state index contributed by atoms with van der Waals surface area (Å²) < 4.78 is 27.8. The number of piperidine rings is 1. The molecule has 0 amide bonds. The van der Waals surface area contributed by atoms with Gasteiger partial charge in [-0.1, -0.05) is 17.7 Å². The average molecular weight is 578 g/mol. The van der Waals surface area contributed by atoms with Crippen molar-refractivity contribution in [3.63, 3.8) is 0 Å². The summed E-state index contributed by atoms with van der Waals surface area (Å²) >= 11 is 5.84. The molecule has 1 aliphatic carbocycles. The lowest BCUT2D eigenvalue weighted by Crippen LogP contribution is -2.36. The van der Waals surface area contributed by atoms with Gasteiger partial charge >= 0.3 is 5.97 Å². The van der Waals surface area contributed by atoms with Gasteiger partial charge < -0.3 is 24.0 Å². The van der Waals surface area contributed by atoms with E-state index < -0.39 is 11.8 Å². The molecule has 7 rings (SSSR count). The molecular weight excluding hydrogens is 549 g/mol. The first-order valence-corrected chi connectivity index (χ1v) is 14.3. The van der Waals surface area contributed by atoms with E-state index in [9.17, 15) is 14.3 Å². The molecule has 0 unspecified atom stereocenters. The molecule has 2 aromatic carbocycles. The van der Waals surface area contributed by atoms with Crippen LogP contribution < -0.4 is 9.64 Å². The number of hydrogen-bond donors (Lipinski definition) is 1. The third-order valence-electron chi connectivity index (χ3n) is 8.76. The van der Waals surface area contributed by atoms with Crippen LogP contribution in [0.3, 0.4) is 0 Å². The molecule has 9 nitrogen and oxygen atoms in total. The van der Waals surface area contributed by atoms with Crippen molar-refractivity contribution in [2.45, 2.75) is 50.9 Å². The smallest absolute Gasteiger partial charge is 0.335 e. The number of carboxylic acids is 1. The van der Waals surface area contributed by atoms with Crippen LogP contribution in [0, 0.1) is 11.2 Å². The Morgan fingerprint density at radius 2 is 2.00 bits per heavy atom. The van der Waals surface area contributed by atoms with E-state index >= 15 is 0 Å². The van der Waals surface area contributed by atoms with Crippen molar-refractivity contribution in [2.75, 3.05) is 24.6 Å². The van der Waals surface area contributed by atoms with Crippen LogP contribution in [0.2, 0.25) is 5.02 Å². The number of aromatic nitrogens is 4. The van der Waals surface area contributed by atoms with E-state index in [0.717, 1.165) is 62.2 Å². The summed E-state index contributed by atoms with van der Waals surface area (Å²) in [5.74, 6) is 0.986. The van der Waals surface area contributed by atoms with E-state index in [1.54, 1.807) is 36.5 Å². The molecule has 2 saturated heterocycles. The zero-order valence-electron chi connectivity index (χ0n) is 22.3. The molecular formula is C30H29ClFN5O4. The zero-order chi connectivity index (χ0) is 28.1. The normalized spacial score (nSPS) is 21.2. The van der Waals surface area contributed by atoms with Crippen molar-refractivity contribution < 1.29 is 23.8 Å². The van der Waals surface area contributed by atoms with Gasteiger partial charge in [0, 0.05) is 48.5 Å². The molecule has 1 spiro atoms. The maximum Gasteiger partial charge on any atom is 0.335 e. The number of anilines is 1. The molecule has 212 valence electrons. The number of ether oxygens (including phenoxy) is 2. The number of carboxylic acid groups (broad SMARTS) is 1. The van der Waals surface area contributed by atoms with Gasteiger partial charge in [0.15, 0.2) is 0 Å². The Morgan fingerprint density at radius 1 is 1.17 bits per heavy atom. The molecule has 2 aromatic heterocycles. The number of imidazole rings is 1. The zero-order valence-corrected chi connectivity index (χ0v) is 23.1. The molecule has 4 heterocycles. The Balaban J connectivity index is 1.05. The lowest BCUT2D eigenvalue weighted by molar-refractivity contribution is -0.0590. The van der Waals surface area contributed by atoms with E-state index in [4.69, 9.17) is 26.1 Å². The first-order valence-electron chi connectivity index (χ1n) is 13.9. The summed E-state index contributed by atoms with van der Waals surface area (Å²) in [5, 5.41) is 9.88. The summed E-state index contributed by atoms with van der Waals surface area (Å²) in [6, 6.07) is 11.3. The highest BCUT2D eigenvalue weighted by Gasteiger charge is 2.57. The Bertz CT molecular complexity index is 1630. The fourth-order valence-electron chi connectivity index (χ4n) is 6.14. The van der Waals surface area contributed by atoms with Gasteiger partial charge in [-0.2, -0.15) is 4.98 Å². The Hall–Kier alpha value is -3.76. The molecule has 41 heavy (non-hydrogen) atoms. The van der Waals surface area contributed by atoms with Crippen molar-refractivity contribution >= 4 is 34.6 Å². The van der Waals surface area contributed by atoms with Crippen molar-refractivity contribution in [3.05, 3.63) is 76.5 Å². The second-order valence-corrected chi connectivity index (χ2v) is 11.6. The number of benzene rings is 2. The summed E-state index contributed by atoms with van der Waals surface area (Å²) in [6.45, 7) is 3.11. The van der Waals surface area contributed by atoms with Crippen LogP contribution in [0.4, 0.5) is 10.3 Å². The van der Waals surface area contributed by atoms with Crippen molar-refractivity contribution in [1.29, 1.82) is 0 Å². The second kappa shape index (κ2) is 10.3. The van der Waals surface area contributed by atoms with E-state index in [2.05, 4.69) is 19.4 Å². The third kappa shape index (κ3) is 4.99. The monoisotopic (exact) mass is 577 g/mol. The van der Waals surface area contributed by atoms with E-state index in [-0.39, 0.29) is 23.7 Å². The van der Waals surface area contributed by atoms with Gasteiger partial charge in [0.05, 0.1) is 29.2 Å². The van der Waals surface area contributed by atoms with Crippen LogP contribution >= 0.6 is 11.6 Å². The predicted octanol–water partition coefficient (Wildman–Crippen LogP) is 5.46. The van der Waals surface area contributed by atoms with Crippen LogP contribution in [0.15, 0.2) is 48.7 Å². The number of fused-ring (bicyclic) bond motifs is 1. The Kier molecular flexibility index (Phi) is 6.54. The average Bonchev–Trinajstić information content (AvgIpc) is 3.51. The molecule has 0 bridgehead atoms. The number of nitrogens with zero attached hydrogens (tertiary/aromatic N) is 5. The van der Waals surface area contributed by atoms with Crippen molar-refractivity contribution in [2.24, 2.45) is 5.41 Å². The van der Waals surface area contributed by atoms with Crippen LogP contribution in [0.1, 0.15) is 53.3 Å². The second-order valence-electron chi connectivity index (χ2n) is 11.2. The number of halogens is 2. The lowest BCUT2D eigenvalue weighted by atomic mass is 9.90.